The van der Waals surface area contributed by atoms with Crippen molar-refractivity contribution in [3.05, 3.63) is 34.0 Å². The van der Waals surface area contributed by atoms with Crippen LogP contribution in [0.4, 0.5) is 0 Å². The largest absolute Gasteiger partial charge is 0.386 e. The fourth-order valence-corrected chi connectivity index (χ4v) is 2.03. The van der Waals surface area contributed by atoms with Gasteiger partial charge in [-0.15, -0.1) is 22.9 Å². The van der Waals surface area contributed by atoms with E-state index >= 15 is 0 Å². The highest BCUT2D eigenvalue weighted by Gasteiger charge is 2.07. The fourth-order valence-electron chi connectivity index (χ4n) is 0.929. The van der Waals surface area contributed by atoms with Crippen molar-refractivity contribution in [2.75, 3.05) is 5.88 Å². The molecule has 1 nitrogen and oxygen atoms in total. The molecule has 0 aliphatic rings. The molecule has 1 aromatic rings. The lowest BCUT2D eigenvalue weighted by Gasteiger charge is -2.00. The first kappa shape index (κ1) is 12.9. The van der Waals surface area contributed by atoms with Crippen LogP contribution in [-0.2, 0) is 0 Å². The van der Waals surface area contributed by atoms with E-state index < -0.39 is 6.10 Å². The van der Waals surface area contributed by atoms with E-state index in [2.05, 4.69) is 23.7 Å². The summed E-state index contributed by atoms with van der Waals surface area (Å²) in [5, 5.41) is 9.48. The van der Waals surface area contributed by atoms with E-state index in [0.717, 1.165) is 9.75 Å². The van der Waals surface area contributed by atoms with Crippen LogP contribution in [0.1, 0.15) is 22.8 Å². The van der Waals surface area contributed by atoms with Gasteiger partial charge in [-0.2, -0.15) is 0 Å². The quantitative estimate of drug-likeness (QED) is 0.632. The van der Waals surface area contributed by atoms with Crippen molar-refractivity contribution in [1.82, 2.24) is 0 Å². The highest BCUT2D eigenvalue weighted by Crippen LogP contribution is 2.23. The van der Waals surface area contributed by atoms with E-state index in [-0.39, 0.29) is 5.88 Å². The minimum Gasteiger partial charge on any atom is -0.386 e. The lowest BCUT2D eigenvalue weighted by Crippen LogP contribution is -1.93. The third kappa shape index (κ3) is 4.13. The Morgan fingerprint density at radius 2 is 2.31 bits per heavy atom. The summed E-state index contributed by atoms with van der Waals surface area (Å²) >= 11 is 6.98. The van der Waals surface area contributed by atoms with Gasteiger partial charge >= 0.3 is 0 Å². The number of thiophene rings is 1. The van der Waals surface area contributed by atoms with Crippen LogP contribution in [0.5, 0.6) is 0 Å². The molecule has 0 amide bonds. The molecule has 0 fully saturated rings. The molecule has 0 unspecified atom stereocenters. The van der Waals surface area contributed by atoms with Crippen molar-refractivity contribution in [3.8, 4) is 23.7 Å². The normalized spacial score (nSPS) is 11.4. The van der Waals surface area contributed by atoms with Crippen LogP contribution in [0.3, 0.4) is 0 Å². The Morgan fingerprint density at radius 1 is 1.50 bits per heavy atom. The van der Waals surface area contributed by atoms with E-state index in [9.17, 15) is 5.11 Å². The molecular formula is C13H11ClOS. The lowest BCUT2D eigenvalue weighted by molar-refractivity contribution is 0.206. The average Bonchev–Trinajstić information content (AvgIpc) is 2.76. The number of hydrogen-bond acceptors (Lipinski definition) is 2. The van der Waals surface area contributed by atoms with Gasteiger partial charge in [-0.1, -0.05) is 12.0 Å². The van der Waals surface area contributed by atoms with Crippen LogP contribution in [0, 0.1) is 23.7 Å². The zero-order valence-electron chi connectivity index (χ0n) is 8.83. The zero-order valence-corrected chi connectivity index (χ0v) is 10.4. The molecule has 0 aliphatic carbocycles. The topological polar surface area (TPSA) is 20.2 Å². The van der Waals surface area contributed by atoms with Gasteiger partial charge in [0.05, 0.1) is 10.8 Å². The molecule has 82 valence electrons. The maximum absolute atomic E-state index is 9.48. The standard InChI is InChI=1S/C13H11ClOS/c1-2-3-4-5-6-7-11-8-9-13(16-11)12(15)10-14/h2-3,8-9,12,15H,10H2,1H3/t12-/m0/s1. The first-order valence-corrected chi connectivity index (χ1v) is 6.09. The molecule has 16 heavy (non-hydrogen) atoms. The second-order valence-corrected chi connectivity index (χ2v) is 4.32. The van der Waals surface area contributed by atoms with E-state index in [0.29, 0.717) is 0 Å². The van der Waals surface area contributed by atoms with Crippen LogP contribution in [-0.4, -0.2) is 11.0 Å². The molecule has 1 aromatic heterocycles. The van der Waals surface area contributed by atoms with Gasteiger partial charge in [0.15, 0.2) is 0 Å². The number of halogens is 1. The van der Waals surface area contributed by atoms with E-state index in [1.165, 1.54) is 11.3 Å². The summed E-state index contributed by atoms with van der Waals surface area (Å²) in [6, 6.07) is 3.70. The van der Waals surface area contributed by atoms with Gasteiger partial charge in [0.1, 0.15) is 6.10 Å². The van der Waals surface area contributed by atoms with Crippen LogP contribution in [0.2, 0.25) is 0 Å². The molecule has 0 radical (unpaired) electrons. The molecule has 0 aromatic carbocycles. The molecule has 1 N–H and O–H groups in total. The molecule has 0 spiro atoms. The second kappa shape index (κ2) is 7.14. The Morgan fingerprint density at radius 3 is 3.00 bits per heavy atom. The number of aliphatic hydroxyl groups is 1. The molecule has 0 aliphatic heterocycles. The smallest absolute Gasteiger partial charge is 0.102 e. The van der Waals surface area contributed by atoms with Crippen molar-refractivity contribution in [1.29, 1.82) is 0 Å². The number of hydrogen-bond donors (Lipinski definition) is 1. The first-order chi connectivity index (χ1) is 7.77. The zero-order chi connectivity index (χ0) is 11.8. The van der Waals surface area contributed by atoms with E-state index in [1.54, 1.807) is 6.08 Å². The summed E-state index contributed by atoms with van der Waals surface area (Å²) in [5.74, 6) is 11.3. The van der Waals surface area contributed by atoms with Crippen LogP contribution in [0.15, 0.2) is 24.3 Å². The third-order valence-electron chi connectivity index (χ3n) is 1.67. The second-order valence-electron chi connectivity index (χ2n) is 2.89. The van der Waals surface area contributed by atoms with E-state index in [1.807, 2.05) is 25.1 Å². The van der Waals surface area contributed by atoms with Crippen molar-refractivity contribution in [3.63, 3.8) is 0 Å². The minimum absolute atomic E-state index is 0.203. The van der Waals surface area contributed by atoms with Gasteiger partial charge in [-0.25, -0.2) is 0 Å². The van der Waals surface area contributed by atoms with Crippen LogP contribution >= 0.6 is 22.9 Å². The average molecular weight is 251 g/mol. The minimum atomic E-state index is -0.601. The molecule has 0 saturated heterocycles. The predicted molar refractivity (Wildman–Crippen MR) is 69.5 cm³/mol. The Balaban J connectivity index is 2.69. The molecule has 1 heterocycles. The van der Waals surface area contributed by atoms with Gasteiger partial charge in [-0.05, 0) is 42.9 Å². The Bertz CT molecular complexity index is 479. The van der Waals surface area contributed by atoms with Gasteiger partial charge in [0.25, 0.3) is 0 Å². The van der Waals surface area contributed by atoms with Gasteiger partial charge in [0, 0.05) is 4.88 Å². The number of aliphatic hydroxyl groups excluding tert-OH is 1. The molecule has 3 heteroatoms. The van der Waals surface area contributed by atoms with Crippen LogP contribution < -0.4 is 0 Å². The fraction of sp³-hybridized carbons (Fsp3) is 0.231. The Labute approximate surface area is 105 Å². The third-order valence-corrected chi connectivity index (χ3v) is 3.07. The van der Waals surface area contributed by atoms with Crippen LogP contribution in [0.25, 0.3) is 0 Å². The Kier molecular flexibility index (Phi) is 5.75. The SMILES string of the molecule is CC=CC#CC#Cc1ccc([C@@H](O)CCl)s1. The maximum atomic E-state index is 9.48. The summed E-state index contributed by atoms with van der Waals surface area (Å²) in [5.41, 5.74) is 0. The highest BCUT2D eigenvalue weighted by atomic mass is 35.5. The van der Waals surface area contributed by atoms with Crippen molar-refractivity contribution in [2.45, 2.75) is 13.0 Å². The lowest BCUT2D eigenvalue weighted by atomic mass is 10.3. The van der Waals surface area contributed by atoms with E-state index in [4.69, 9.17) is 11.6 Å². The van der Waals surface area contributed by atoms with Crippen molar-refractivity contribution in [2.24, 2.45) is 0 Å². The maximum Gasteiger partial charge on any atom is 0.102 e. The van der Waals surface area contributed by atoms with Gasteiger partial charge in [0.2, 0.25) is 0 Å². The molecule has 1 atom stereocenters. The van der Waals surface area contributed by atoms with Gasteiger partial charge < -0.3 is 5.11 Å². The Hall–Kier alpha value is -1.19. The molecule has 0 bridgehead atoms. The number of rotatable bonds is 2. The first-order valence-electron chi connectivity index (χ1n) is 4.74. The molecule has 1 rings (SSSR count). The van der Waals surface area contributed by atoms with Crippen molar-refractivity contribution >= 4 is 22.9 Å². The summed E-state index contributed by atoms with van der Waals surface area (Å²) in [4.78, 5) is 1.72. The summed E-state index contributed by atoms with van der Waals surface area (Å²) in [6.07, 6.45) is 3.00. The molecular weight excluding hydrogens is 240 g/mol. The summed E-state index contributed by atoms with van der Waals surface area (Å²) in [6.45, 7) is 1.90. The number of alkyl halides is 1. The molecule has 0 saturated carbocycles. The van der Waals surface area contributed by atoms with Crippen molar-refractivity contribution < 1.29 is 5.11 Å². The summed E-state index contributed by atoms with van der Waals surface area (Å²) < 4.78 is 0. The monoisotopic (exact) mass is 250 g/mol. The predicted octanol–water partition coefficient (Wildman–Crippen LogP) is 2.95. The summed E-state index contributed by atoms with van der Waals surface area (Å²) in [7, 11) is 0. The number of allylic oxidation sites excluding steroid dienone is 2. The van der Waals surface area contributed by atoms with Gasteiger partial charge in [-0.3, -0.25) is 0 Å². The highest BCUT2D eigenvalue weighted by molar-refractivity contribution is 7.12.